The number of para-hydroxylation sites is 1. The van der Waals surface area contributed by atoms with Crippen LogP contribution in [0.15, 0.2) is 36.7 Å². The van der Waals surface area contributed by atoms with Crippen LogP contribution in [0.1, 0.15) is 49.9 Å². The van der Waals surface area contributed by atoms with Gasteiger partial charge in [0.2, 0.25) is 11.8 Å². The van der Waals surface area contributed by atoms with Crippen LogP contribution < -0.4 is 15.4 Å². The second kappa shape index (κ2) is 12.2. The number of likely N-dealkylation sites (tertiary alicyclic amines) is 1. The lowest BCUT2D eigenvalue weighted by Gasteiger charge is -2.40. The van der Waals surface area contributed by atoms with E-state index in [0.29, 0.717) is 26.2 Å². The fourth-order valence-electron chi connectivity index (χ4n) is 5.25. The van der Waals surface area contributed by atoms with Gasteiger partial charge in [0.25, 0.3) is 0 Å². The Balaban J connectivity index is 1.22. The van der Waals surface area contributed by atoms with Crippen LogP contribution in [0.2, 0.25) is 0 Å². The Labute approximate surface area is 208 Å². The van der Waals surface area contributed by atoms with Crippen LogP contribution in [-0.4, -0.2) is 65.6 Å². The SMILES string of the molecule is Cc1nccn1CCCNC(=O)CN1CCC2(CCCCc3ccccc3OCCNC2=O)CC1. The van der Waals surface area contributed by atoms with Gasteiger partial charge in [-0.1, -0.05) is 24.6 Å². The maximum absolute atomic E-state index is 13.2. The topological polar surface area (TPSA) is 88.5 Å². The van der Waals surface area contributed by atoms with Gasteiger partial charge in [0.1, 0.15) is 18.2 Å². The molecule has 190 valence electrons. The first-order valence-corrected chi connectivity index (χ1v) is 13.0. The zero-order valence-corrected chi connectivity index (χ0v) is 20.9. The highest BCUT2D eigenvalue weighted by Gasteiger charge is 2.40. The normalized spacial score (nSPS) is 19.1. The number of nitrogens with one attached hydrogen (secondary N) is 2. The minimum atomic E-state index is -0.339. The molecule has 0 unspecified atom stereocenters. The highest BCUT2D eigenvalue weighted by molar-refractivity contribution is 5.83. The molecule has 1 aromatic carbocycles. The van der Waals surface area contributed by atoms with E-state index in [9.17, 15) is 9.59 Å². The number of piperidine rings is 1. The number of aryl methyl sites for hydroxylation is 3. The summed E-state index contributed by atoms with van der Waals surface area (Å²) in [5.74, 6) is 2.13. The van der Waals surface area contributed by atoms with E-state index in [1.807, 2.05) is 25.3 Å². The number of fused-ring (bicyclic) bond motifs is 1. The molecule has 0 aliphatic carbocycles. The number of benzene rings is 1. The third-order valence-electron chi connectivity index (χ3n) is 7.45. The zero-order valence-electron chi connectivity index (χ0n) is 20.9. The minimum Gasteiger partial charge on any atom is -0.491 e. The molecule has 1 spiro atoms. The average molecular weight is 482 g/mol. The predicted octanol–water partition coefficient (Wildman–Crippen LogP) is 2.70. The number of imidazole rings is 1. The molecule has 2 amide bonds. The summed E-state index contributed by atoms with van der Waals surface area (Å²) in [5.41, 5.74) is 0.906. The first-order chi connectivity index (χ1) is 17.1. The Kier molecular flexibility index (Phi) is 8.79. The van der Waals surface area contributed by atoms with E-state index in [1.165, 1.54) is 5.56 Å². The monoisotopic (exact) mass is 481 g/mol. The molecule has 2 aromatic rings. The standard InChI is InChI=1S/C27H39N5O3/c1-22-28-14-19-32(22)16-6-13-29-25(33)21-31-17-11-27(12-18-31)10-5-4-8-23-7-2-3-9-24(23)35-20-15-30-26(27)34/h2-3,7,9,14,19H,4-6,8,10-13,15-18,20-21H2,1H3,(H,29,33)(H,30,34). The van der Waals surface area contributed by atoms with Crippen molar-refractivity contribution in [2.45, 2.75) is 58.4 Å². The van der Waals surface area contributed by atoms with Crippen molar-refractivity contribution in [2.24, 2.45) is 5.41 Å². The van der Waals surface area contributed by atoms with Gasteiger partial charge in [0.15, 0.2) is 0 Å². The lowest BCUT2D eigenvalue weighted by atomic mass is 9.73. The molecule has 0 saturated carbocycles. The van der Waals surface area contributed by atoms with Gasteiger partial charge in [-0.2, -0.15) is 0 Å². The fraction of sp³-hybridized carbons (Fsp3) is 0.593. The van der Waals surface area contributed by atoms with E-state index < -0.39 is 0 Å². The van der Waals surface area contributed by atoms with Crippen molar-refractivity contribution in [3.05, 3.63) is 48.0 Å². The van der Waals surface area contributed by atoms with Gasteiger partial charge in [0.05, 0.1) is 18.5 Å². The molecular weight excluding hydrogens is 442 g/mol. The van der Waals surface area contributed by atoms with E-state index in [1.54, 1.807) is 6.20 Å². The molecule has 8 heteroatoms. The maximum atomic E-state index is 13.2. The van der Waals surface area contributed by atoms with Crippen LogP contribution in [0.3, 0.4) is 0 Å². The molecule has 3 heterocycles. The van der Waals surface area contributed by atoms with Gasteiger partial charge < -0.3 is 19.9 Å². The second-order valence-corrected chi connectivity index (χ2v) is 9.85. The molecule has 2 N–H and O–H groups in total. The zero-order chi connectivity index (χ0) is 24.5. The number of amides is 2. The van der Waals surface area contributed by atoms with Crippen molar-refractivity contribution < 1.29 is 14.3 Å². The van der Waals surface area contributed by atoms with Gasteiger partial charge in [-0.15, -0.1) is 0 Å². The van der Waals surface area contributed by atoms with Crippen molar-refractivity contribution in [1.82, 2.24) is 25.1 Å². The Bertz CT molecular complexity index is 981. The summed E-state index contributed by atoms with van der Waals surface area (Å²) >= 11 is 0. The third-order valence-corrected chi connectivity index (χ3v) is 7.45. The predicted molar refractivity (Wildman–Crippen MR) is 135 cm³/mol. The van der Waals surface area contributed by atoms with Crippen LogP contribution in [0, 0.1) is 12.3 Å². The summed E-state index contributed by atoms with van der Waals surface area (Å²) in [6.45, 7) is 6.42. The summed E-state index contributed by atoms with van der Waals surface area (Å²) in [7, 11) is 0. The highest BCUT2D eigenvalue weighted by atomic mass is 16.5. The number of ether oxygens (including phenoxy) is 1. The molecule has 0 radical (unpaired) electrons. The Morgan fingerprint density at radius 1 is 1.20 bits per heavy atom. The number of carbonyl (C=O) groups is 2. The van der Waals surface area contributed by atoms with Crippen LogP contribution >= 0.6 is 0 Å². The number of aromatic nitrogens is 2. The molecule has 1 fully saturated rings. The van der Waals surface area contributed by atoms with Gasteiger partial charge in [-0.05, 0) is 70.2 Å². The van der Waals surface area contributed by atoms with E-state index in [-0.39, 0.29) is 17.2 Å². The van der Waals surface area contributed by atoms with Crippen LogP contribution in [-0.2, 0) is 22.6 Å². The highest BCUT2D eigenvalue weighted by Crippen LogP contribution is 2.37. The number of hydrogen-bond donors (Lipinski definition) is 2. The second-order valence-electron chi connectivity index (χ2n) is 9.85. The molecule has 8 nitrogen and oxygen atoms in total. The Hall–Kier alpha value is -2.87. The molecule has 1 saturated heterocycles. The fourth-order valence-corrected chi connectivity index (χ4v) is 5.25. The molecule has 4 rings (SSSR count). The number of carbonyl (C=O) groups excluding carboxylic acids is 2. The first kappa shape index (κ1) is 25.2. The van der Waals surface area contributed by atoms with Crippen molar-refractivity contribution in [3.8, 4) is 5.75 Å². The summed E-state index contributed by atoms with van der Waals surface area (Å²) in [6, 6.07) is 8.20. The smallest absolute Gasteiger partial charge is 0.234 e. The van der Waals surface area contributed by atoms with E-state index in [4.69, 9.17) is 4.74 Å². The summed E-state index contributed by atoms with van der Waals surface area (Å²) in [4.78, 5) is 32.1. The van der Waals surface area contributed by atoms with Crippen LogP contribution in [0.5, 0.6) is 5.75 Å². The summed E-state index contributed by atoms with van der Waals surface area (Å²) in [5, 5.41) is 6.17. The van der Waals surface area contributed by atoms with Gasteiger partial charge in [-0.25, -0.2) is 4.98 Å². The number of rotatable bonds is 6. The minimum absolute atomic E-state index is 0.0576. The maximum Gasteiger partial charge on any atom is 0.234 e. The average Bonchev–Trinajstić information content (AvgIpc) is 3.27. The lowest BCUT2D eigenvalue weighted by molar-refractivity contribution is -0.135. The molecule has 2 aliphatic rings. The van der Waals surface area contributed by atoms with Crippen molar-refractivity contribution in [1.29, 1.82) is 0 Å². The molecular formula is C27H39N5O3. The molecule has 1 aromatic heterocycles. The Morgan fingerprint density at radius 3 is 2.83 bits per heavy atom. The quantitative estimate of drug-likeness (QED) is 0.620. The Morgan fingerprint density at radius 2 is 2.03 bits per heavy atom. The third kappa shape index (κ3) is 6.84. The lowest BCUT2D eigenvalue weighted by Crippen LogP contribution is -2.51. The largest absolute Gasteiger partial charge is 0.491 e. The molecule has 0 bridgehead atoms. The van der Waals surface area contributed by atoms with Crippen molar-refractivity contribution in [2.75, 3.05) is 39.3 Å². The first-order valence-electron chi connectivity index (χ1n) is 13.0. The molecule has 0 atom stereocenters. The van der Waals surface area contributed by atoms with Gasteiger partial charge >= 0.3 is 0 Å². The van der Waals surface area contributed by atoms with E-state index in [2.05, 4.69) is 37.2 Å². The summed E-state index contributed by atoms with van der Waals surface area (Å²) in [6.07, 6.45) is 10.2. The van der Waals surface area contributed by atoms with Crippen LogP contribution in [0.25, 0.3) is 0 Å². The van der Waals surface area contributed by atoms with Crippen molar-refractivity contribution in [3.63, 3.8) is 0 Å². The molecule has 35 heavy (non-hydrogen) atoms. The summed E-state index contributed by atoms with van der Waals surface area (Å²) < 4.78 is 8.03. The van der Waals surface area contributed by atoms with E-state index >= 15 is 0 Å². The van der Waals surface area contributed by atoms with E-state index in [0.717, 1.165) is 76.2 Å². The van der Waals surface area contributed by atoms with Crippen LogP contribution in [0.4, 0.5) is 0 Å². The molecule has 2 aliphatic heterocycles. The van der Waals surface area contributed by atoms with Gasteiger partial charge in [0, 0.05) is 25.5 Å². The number of nitrogens with zero attached hydrogens (tertiary/aromatic N) is 3. The van der Waals surface area contributed by atoms with Gasteiger partial charge in [-0.3, -0.25) is 14.5 Å². The number of hydrogen-bond acceptors (Lipinski definition) is 5. The van der Waals surface area contributed by atoms with Crippen molar-refractivity contribution >= 4 is 11.8 Å².